The quantitative estimate of drug-likeness (QED) is 0.762. The summed E-state index contributed by atoms with van der Waals surface area (Å²) < 4.78 is 39.8. The summed E-state index contributed by atoms with van der Waals surface area (Å²) in [6.45, 7) is 0. The number of carbonyl (C=O) groups is 1. The van der Waals surface area contributed by atoms with Crippen LogP contribution >= 0.6 is 0 Å². The SMILES string of the molecule is NC1(C(=O)O)[C@@H]2CC3C[C@@H]1CC(C(F)(F)F)(C3)C2. The van der Waals surface area contributed by atoms with Gasteiger partial charge in [-0.25, -0.2) is 0 Å². The summed E-state index contributed by atoms with van der Waals surface area (Å²) in [5, 5.41) is 9.28. The first-order valence-electron chi connectivity index (χ1n) is 6.28. The van der Waals surface area contributed by atoms with Crippen molar-refractivity contribution in [2.24, 2.45) is 28.9 Å². The molecular formula is C12H16F3NO2. The molecule has 0 aromatic carbocycles. The van der Waals surface area contributed by atoms with Gasteiger partial charge in [0.1, 0.15) is 5.54 Å². The first kappa shape index (κ1) is 12.3. The summed E-state index contributed by atoms with van der Waals surface area (Å²) in [5.74, 6) is -2.18. The van der Waals surface area contributed by atoms with Gasteiger partial charge in [0.15, 0.2) is 0 Å². The molecule has 4 aliphatic carbocycles. The molecule has 6 heteroatoms. The summed E-state index contributed by atoms with van der Waals surface area (Å²) >= 11 is 0. The molecule has 4 aliphatic rings. The molecule has 0 radical (unpaired) electrons. The Kier molecular flexibility index (Phi) is 2.19. The second-order valence-electron chi connectivity index (χ2n) is 6.36. The van der Waals surface area contributed by atoms with Gasteiger partial charge in [-0.3, -0.25) is 4.79 Å². The van der Waals surface area contributed by atoms with Crippen molar-refractivity contribution in [1.82, 2.24) is 0 Å². The van der Waals surface area contributed by atoms with Crippen molar-refractivity contribution in [3.63, 3.8) is 0 Å². The number of aliphatic carboxylic acids is 1. The molecule has 0 heterocycles. The number of alkyl halides is 3. The maximum atomic E-state index is 13.3. The number of hydrogen-bond acceptors (Lipinski definition) is 2. The molecular weight excluding hydrogens is 247 g/mol. The Morgan fingerprint density at radius 1 is 1.17 bits per heavy atom. The molecule has 4 saturated carbocycles. The summed E-state index contributed by atoms with van der Waals surface area (Å²) in [4.78, 5) is 11.4. The zero-order valence-electron chi connectivity index (χ0n) is 9.83. The summed E-state index contributed by atoms with van der Waals surface area (Å²) in [6, 6.07) is 0. The van der Waals surface area contributed by atoms with Gasteiger partial charge in [-0.05, 0) is 49.9 Å². The lowest BCUT2D eigenvalue weighted by atomic mass is 9.43. The third-order valence-corrected chi connectivity index (χ3v) is 5.51. The molecule has 0 aromatic heterocycles. The van der Waals surface area contributed by atoms with Gasteiger partial charge < -0.3 is 10.8 Å². The van der Waals surface area contributed by atoms with E-state index in [-0.39, 0.29) is 25.2 Å². The molecule has 0 aromatic rings. The van der Waals surface area contributed by atoms with Crippen LogP contribution in [0.3, 0.4) is 0 Å². The molecule has 4 rings (SSSR count). The normalized spacial score (nSPS) is 50.6. The van der Waals surface area contributed by atoms with Gasteiger partial charge in [-0.15, -0.1) is 0 Å². The van der Waals surface area contributed by atoms with Crippen LogP contribution in [0.5, 0.6) is 0 Å². The van der Waals surface area contributed by atoms with Crippen molar-refractivity contribution in [3.8, 4) is 0 Å². The van der Waals surface area contributed by atoms with Crippen molar-refractivity contribution in [2.75, 3.05) is 0 Å². The van der Waals surface area contributed by atoms with Crippen molar-refractivity contribution >= 4 is 5.97 Å². The second kappa shape index (κ2) is 3.21. The highest BCUT2D eigenvalue weighted by molar-refractivity contribution is 5.80. The van der Waals surface area contributed by atoms with E-state index < -0.39 is 34.9 Å². The molecule has 3 nitrogen and oxygen atoms in total. The van der Waals surface area contributed by atoms with Crippen LogP contribution in [0.1, 0.15) is 32.1 Å². The monoisotopic (exact) mass is 263 g/mol. The summed E-state index contributed by atoms with van der Waals surface area (Å²) in [7, 11) is 0. The highest BCUT2D eigenvalue weighted by atomic mass is 19.4. The Labute approximate surface area is 103 Å². The van der Waals surface area contributed by atoms with Crippen LogP contribution in [0.4, 0.5) is 13.2 Å². The summed E-state index contributed by atoms with van der Waals surface area (Å²) in [6.07, 6.45) is -3.20. The van der Waals surface area contributed by atoms with Crippen LogP contribution in [0.15, 0.2) is 0 Å². The first-order chi connectivity index (χ1) is 8.19. The van der Waals surface area contributed by atoms with E-state index in [1.807, 2.05) is 0 Å². The molecule has 4 fully saturated rings. The number of carboxylic acid groups (broad SMARTS) is 1. The van der Waals surface area contributed by atoms with E-state index in [4.69, 9.17) is 5.73 Å². The van der Waals surface area contributed by atoms with E-state index in [0.29, 0.717) is 12.8 Å². The Morgan fingerprint density at radius 3 is 2.06 bits per heavy atom. The zero-order valence-corrected chi connectivity index (χ0v) is 9.83. The van der Waals surface area contributed by atoms with E-state index in [9.17, 15) is 23.1 Å². The van der Waals surface area contributed by atoms with Gasteiger partial charge in [0.25, 0.3) is 0 Å². The molecule has 0 aliphatic heterocycles. The topological polar surface area (TPSA) is 63.3 Å². The Bertz CT molecular complexity index is 391. The number of hydrogen-bond donors (Lipinski definition) is 2. The third-order valence-electron chi connectivity index (χ3n) is 5.51. The fourth-order valence-electron chi connectivity index (χ4n) is 4.74. The molecule has 18 heavy (non-hydrogen) atoms. The van der Waals surface area contributed by atoms with E-state index in [2.05, 4.69) is 0 Å². The van der Waals surface area contributed by atoms with Crippen LogP contribution in [-0.2, 0) is 4.79 Å². The first-order valence-corrected chi connectivity index (χ1v) is 6.28. The second-order valence-corrected chi connectivity index (χ2v) is 6.36. The van der Waals surface area contributed by atoms with Crippen LogP contribution in [0, 0.1) is 23.2 Å². The molecule has 0 saturated heterocycles. The van der Waals surface area contributed by atoms with Gasteiger partial charge in [-0.2, -0.15) is 13.2 Å². The van der Waals surface area contributed by atoms with Gasteiger partial charge >= 0.3 is 12.1 Å². The lowest BCUT2D eigenvalue weighted by Crippen LogP contribution is -2.71. The minimum atomic E-state index is -4.23. The lowest BCUT2D eigenvalue weighted by molar-refractivity contribution is -0.283. The molecule has 2 atom stereocenters. The smallest absolute Gasteiger partial charge is 0.394 e. The molecule has 4 bridgehead atoms. The number of carboxylic acids is 1. The predicted octanol–water partition coefficient (Wildman–Crippen LogP) is 2.16. The lowest BCUT2D eigenvalue weighted by Gasteiger charge is -2.62. The van der Waals surface area contributed by atoms with Crippen molar-refractivity contribution in [3.05, 3.63) is 0 Å². The van der Waals surface area contributed by atoms with Gasteiger partial charge in [0, 0.05) is 0 Å². The minimum Gasteiger partial charge on any atom is -0.480 e. The van der Waals surface area contributed by atoms with Crippen LogP contribution < -0.4 is 5.73 Å². The fraction of sp³-hybridized carbons (Fsp3) is 0.917. The standard InChI is InChI=1S/C12H16F3NO2/c13-12(14,15)10-3-6-1-7(4-10)11(16,9(17)18)8(2-6)5-10/h6-8H,1-5,16H2,(H,17,18)/t6?,7-,8-,10?,11?/m1/s1. The van der Waals surface area contributed by atoms with Crippen molar-refractivity contribution < 1.29 is 23.1 Å². The third kappa shape index (κ3) is 1.27. The van der Waals surface area contributed by atoms with Gasteiger partial charge in [0.2, 0.25) is 0 Å². The van der Waals surface area contributed by atoms with E-state index in [0.717, 1.165) is 0 Å². The predicted molar refractivity (Wildman–Crippen MR) is 56.6 cm³/mol. The molecule has 102 valence electrons. The van der Waals surface area contributed by atoms with E-state index in [1.165, 1.54) is 0 Å². The number of nitrogens with two attached hydrogens (primary N) is 1. The number of rotatable bonds is 1. The maximum absolute atomic E-state index is 13.3. The highest BCUT2D eigenvalue weighted by Gasteiger charge is 2.70. The van der Waals surface area contributed by atoms with Crippen LogP contribution in [-0.4, -0.2) is 22.8 Å². The number of halogens is 3. The van der Waals surface area contributed by atoms with Crippen LogP contribution in [0.25, 0.3) is 0 Å². The Balaban J connectivity index is 2.01. The molecule has 0 unspecified atom stereocenters. The molecule has 0 amide bonds. The average Bonchev–Trinajstić information content (AvgIpc) is 2.22. The average molecular weight is 263 g/mol. The highest BCUT2D eigenvalue weighted by Crippen LogP contribution is 2.67. The van der Waals surface area contributed by atoms with Gasteiger partial charge in [-0.1, -0.05) is 0 Å². The molecule has 3 N–H and O–H groups in total. The van der Waals surface area contributed by atoms with E-state index >= 15 is 0 Å². The molecule has 0 spiro atoms. The Morgan fingerprint density at radius 2 is 1.67 bits per heavy atom. The largest absolute Gasteiger partial charge is 0.480 e. The van der Waals surface area contributed by atoms with Crippen molar-refractivity contribution in [2.45, 2.75) is 43.8 Å². The zero-order chi connectivity index (χ0) is 13.3. The Hall–Kier alpha value is -0.780. The maximum Gasteiger partial charge on any atom is 0.394 e. The summed E-state index contributed by atoms with van der Waals surface area (Å²) in [5.41, 5.74) is 2.87. The van der Waals surface area contributed by atoms with Gasteiger partial charge in [0.05, 0.1) is 5.41 Å². The van der Waals surface area contributed by atoms with E-state index in [1.54, 1.807) is 0 Å². The fourth-order valence-corrected chi connectivity index (χ4v) is 4.74. The van der Waals surface area contributed by atoms with Crippen LogP contribution in [0.2, 0.25) is 0 Å². The minimum absolute atomic E-state index is 0.000139. The van der Waals surface area contributed by atoms with Crippen molar-refractivity contribution in [1.29, 1.82) is 0 Å².